The van der Waals surface area contributed by atoms with Gasteiger partial charge in [-0.1, -0.05) is 86.3 Å². The van der Waals surface area contributed by atoms with Gasteiger partial charge in [0.25, 0.3) is 0 Å². The van der Waals surface area contributed by atoms with Crippen LogP contribution < -0.4 is 20.2 Å². The largest absolute Gasteiger partial charge is 0.469 e. The molecule has 12 heteroatoms. The number of ether oxygens (including phenoxy) is 1. The minimum atomic E-state index is -5.60. The Kier molecular flexibility index (Phi) is 14.3. The van der Waals surface area contributed by atoms with Crippen LogP contribution in [0, 0.1) is 7.14 Å². The van der Waals surface area contributed by atoms with Gasteiger partial charge in [-0.05, 0) is 63.9 Å². The molecule has 0 aliphatic heterocycles. The molecule has 0 N–H and O–H groups in total. The second kappa shape index (κ2) is 16.1. The van der Waals surface area contributed by atoms with Crippen LogP contribution in [-0.2, 0) is 22.2 Å². The van der Waals surface area contributed by atoms with E-state index in [1.807, 2.05) is 0 Å². The molecule has 0 saturated heterocycles. The van der Waals surface area contributed by atoms with E-state index in [-0.39, 0.29) is 6.61 Å². The zero-order valence-electron chi connectivity index (χ0n) is 19.4. The van der Waals surface area contributed by atoms with Crippen molar-refractivity contribution >= 4 is 63.9 Å². The summed E-state index contributed by atoms with van der Waals surface area (Å²) in [7, 11) is -5.60. The van der Waals surface area contributed by atoms with Crippen LogP contribution in [0.3, 0.4) is 0 Å². The highest BCUT2D eigenvalue weighted by atomic mass is 127. The van der Waals surface area contributed by atoms with Gasteiger partial charge in [0.15, 0.2) is 7.14 Å². The van der Waals surface area contributed by atoms with Gasteiger partial charge in [-0.15, -0.1) is 0 Å². The molecule has 0 aliphatic carbocycles. The van der Waals surface area contributed by atoms with Gasteiger partial charge >= 0.3 is 41.6 Å². The maximum absolute atomic E-state index is 14.7. The number of hydrogen-bond donors (Lipinski definition) is 0. The van der Waals surface area contributed by atoms with Crippen LogP contribution in [0.15, 0.2) is 57.5 Å². The lowest BCUT2D eigenvalue weighted by Gasteiger charge is -2.14. The van der Waals surface area contributed by atoms with Gasteiger partial charge in [-0.3, -0.25) is 0 Å². The van der Waals surface area contributed by atoms with Crippen molar-refractivity contribution in [1.82, 2.24) is 0 Å². The number of esters is 1. The number of carbonyl (C=O) groups is 1. The first-order chi connectivity index (χ1) is 17.1. The predicted octanol–water partition coefficient (Wildman–Crippen LogP) is 4.79. The predicted molar refractivity (Wildman–Crippen MR) is 142 cm³/mol. The van der Waals surface area contributed by atoms with Gasteiger partial charge < -0.3 is 4.74 Å². The van der Waals surface area contributed by atoms with Crippen molar-refractivity contribution in [2.75, 3.05) is 11.9 Å². The minimum Gasteiger partial charge on any atom is -0.460 e. The van der Waals surface area contributed by atoms with E-state index < -0.39 is 41.6 Å². The van der Waals surface area contributed by atoms with E-state index in [1.54, 1.807) is 48.5 Å². The molecule has 201 valence electrons. The van der Waals surface area contributed by atoms with E-state index in [1.165, 1.54) is 6.42 Å². The minimum absolute atomic E-state index is 0.269. The average molecular weight is 833 g/mol. The van der Waals surface area contributed by atoms with Gasteiger partial charge in [0, 0.05) is 14.3 Å². The lowest BCUT2D eigenvalue weighted by molar-refractivity contribution is -1.03. The Morgan fingerprint density at radius 3 is 1.64 bits per heavy atom. The monoisotopic (exact) mass is 830 g/mol. The van der Waals surface area contributed by atoms with Crippen molar-refractivity contribution in [2.45, 2.75) is 56.6 Å². The second-order valence-electron chi connectivity index (χ2n) is 7.81. The third-order valence-electron chi connectivity index (χ3n) is 4.96. The first kappa shape index (κ1) is 32.1. The summed E-state index contributed by atoms with van der Waals surface area (Å²) in [6.07, 6.45) is 7.59. The first-order valence-electron chi connectivity index (χ1n) is 11.3. The zero-order valence-corrected chi connectivity index (χ0v) is 27.1. The normalized spacial score (nSPS) is 12.2. The Balaban J connectivity index is 1.98. The van der Waals surface area contributed by atoms with E-state index in [9.17, 15) is 22.0 Å². The Morgan fingerprint density at radius 1 is 0.778 bits per heavy atom. The fourth-order valence-electron chi connectivity index (χ4n) is 3.02. The van der Waals surface area contributed by atoms with E-state index in [4.69, 9.17) is 2.51 Å². The van der Waals surface area contributed by atoms with Crippen LogP contribution in [0.25, 0.3) is 0 Å². The van der Waals surface area contributed by atoms with Gasteiger partial charge in [0.1, 0.15) is 0 Å². The number of halogens is 6. The van der Waals surface area contributed by atoms with Crippen LogP contribution in [0.5, 0.6) is 0 Å². The summed E-state index contributed by atoms with van der Waals surface area (Å²) >= 11 is 6.63. The highest BCUT2D eigenvalue weighted by molar-refractivity contribution is 9.10. The number of carbonyl (C=O) groups excluding carboxylic acids is 1. The van der Waals surface area contributed by atoms with Gasteiger partial charge in [-0.25, -0.2) is 4.79 Å². The number of hydrogen-bond acceptors (Lipinski definition) is 5. The fourth-order valence-corrected chi connectivity index (χ4v) is 10.7. The summed E-state index contributed by atoms with van der Waals surface area (Å²) in [6, 6.07) is 13.1. The summed E-state index contributed by atoms with van der Waals surface area (Å²) in [6.45, 7) is -0.269. The quantitative estimate of drug-likeness (QED) is 0.106. The highest BCUT2D eigenvalue weighted by Crippen LogP contribution is 2.24. The molecule has 5 nitrogen and oxygen atoms in total. The molecule has 0 aromatic heterocycles. The molecule has 2 rings (SSSR count). The molecular formula is C24H28Br3F2IO5S+. The van der Waals surface area contributed by atoms with Crippen molar-refractivity contribution in [3.05, 3.63) is 64.6 Å². The van der Waals surface area contributed by atoms with Crippen molar-refractivity contribution < 1.29 is 49.5 Å². The van der Waals surface area contributed by atoms with Gasteiger partial charge in [0.05, 0.1) is 6.61 Å². The van der Waals surface area contributed by atoms with Crippen molar-refractivity contribution in [1.29, 1.82) is 0 Å². The van der Waals surface area contributed by atoms with E-state index in [0.717, 1.165) is 46.4 Å². The van der Waals surface area contributed by atoms with Gasteiger partial charge in [-0.2, -0.15) is 17.2 Å². The lowest BCUT2D eigenvalue weighted by atomic mass is 10.1. The molecule has 0 heterocycles. The number of benzene rings is 2. The zero-order chi connectivity index (χ0) is 26.6. The summed E-state index contributed by atoms with van der Waals surface area (Å²) in [5, 5.41) is -3.82. The molecule has 0 fully saturated rings. The van der Waals surface area contributed by atoms with E-state index in [2.05, 4.69) is 52.5 Å². The fraction of sp³-hybridized carbons (Fsp3) is 0.458. The Hall–Kier alpha value is -0.150. The third kappa shape index (κ3) is 10.2. The summed E-state index contributed by atoms with van der Waals surface area (Å²) in [4.78, 5) is 12.1. The van der Waals surface area contributed by atoms with Crippen molar-refractivity contribution in [3.63, 3.8) is 0 Å². The average Bonchev–Trinajstić information content (AvgIpc) is 2.84. The number of rotatable bonds is 16. The topological polar surface area (TPSA) is 69.7 Å². The molecule has 2 aromatic rings. The Labute approximate surface area is 244 Å². The number of unbranched alkanes of at least 4 members (excludes halogenated alkanes) is 7. The van der Waals surface area contributed by atoms with E-state index in [0.29, 0.717) is 20.0 Å². The van der Waals surface area contributed by atoms with Crippen LogP contribution in [0.4, 0.5) is 8.78 Å². The molecule has 0 unspecified atom stereocenters. The maximum atomic E-state index is 14.7. The molecule has 0 bridgehead atoms. The van der Waals surface area contributed by atoms with Crippen LogP contribution in [0.1, 0.15) is 51.4 Å². The second-order valence-corrected chi connectivity index (χ2v) is 17.0. The Morgan fingerprint density at radius 2 is 1.19 bits per heavy atom. The SMILES string of the molecule is O=C(OCCCCCCCCCCBr)C(F)(F)S(=O)(=O)O[I+](c1ccc(Br)cc1)c1ccc(Br)cc1. The van der Waals surface area contributed by atoms with Crippen LogP contribution in [-0.4, -0.2) is 31.6 Å². The van der Waals surface area contributed by atoms with Gasteiger partial charge in [0.2, 0.25) is 0 Å². The number of alkyl halides is 3. The lowest BCUT2D eigenvalue weighted by Crippen LogP contribution is -3.85. The molecule has 1 radical (unpaired) electrons. The van der Waals surface area contributed by atoms with Crippen LogP contribution >= 0.6 is 47.8 Å². The van der Waals surface area contributed by atoms with Crippen molar-refractivity contribution in [2.24, 2.45) is 0 Å². The molecule has 0 spiro atoms. The summed E-state index contributed by atoms with van der Waals surface area (Å²) < 4.78 is 66.8. The third-order valence-corrected chi connectivity index (χ3v) is 13.9. The smallest absolute Gasteiger partial charge is 0.460 e. The standard InChI is InChI=1S/C24H28Br3F2IO5S/c25-17-7-5-3-1-2-4-6-8-18-34-23(31)24(28,29)36(32,33)35-30(21-13-9-19(26)10-14-21)22-15-11-20(27)12-16-22/h9-16H,1-8,17-18H2/q+1. The molecule has 0 saturated carbocycles. The molecule has 2 aromatic carbocycles. The maximum Gasteiger partial charge on any atom is 0.469 e. The molecule has 36 heavy (non-hydrogen) atoms. The summed E-state index contributed by atoms with van der Waals surface area (Å²) in [5.74, 6) is -2.11. The Bertz CT molecular complexity index is 1010. The first-order valence-corrected chi connectivity index (χ1v) is 18.5. The van der Waals surface area contributed by atoms with Crippen LogP contribution in [0.2, 0.25) is 0 Å². The van der Waals surface area contributed by atoms with Crippen molar-refractivity contribution in [3.8, 4) is 0 Å². The highest BCUT2D eigenvalue weighted by Gasteiger charge is 2.60. The summed E-state index contributed by atoms with van der Waals surface area (Å²) in [5.41, 5.74) is 0. The molecular weight excluding hydrogens is 805 g/mol. The molecule has 0 atom stereocenters. The van der Waals surface area contributed by atoms with E-state index >= 15 is 0 Å². The molecule has 0 aliphatic rings. The molecule has 0 amide bonds.